The van der Waals surface area contributed by atoms with Crippen molar-refractivity contribution < 1.29 is 19.0 Å². The Hall–Kier alpha value is -4.87. The number of ether oxygens (including phenoxy) is 1. The van der Waals surface area contributed by atoms with E-state index in [2.05, 4.69) is 25.2 Å². The van der Waals surface area contributed by atoms with Gasteiger partial charge in [0.05, 0.1) is 29.0 Å². The molecule has 1 aliphatic heterocycles. The first-order valence-electron chi connectivity index (χ1n) is 13.2. The molecule has 1 atom stereocenters. The number of carbonyl (C=O) groups excluding carboxylic acids is 1. The molecule has 10 nitrogen and oxygen atoms in total. The number of imidazole rings is 1. The van der Waals surface area contributed by atoms with E-state index in [1.807, 2.05) is 24.3 Å². The molecular formula is C30H28FN7O3. The number of hydrogen-bond donors (Lipinski definition) is 4. The van der Waals surface area contributed by atoms with Crippen LogP contribution in [0.3, 0.4) is 0 Å². The molecule has 5 N–H and O–H groups in total. The lowest BCUT2D eigenvalue weighted by molar-refractivity contribution is 0.102. The quantitative estimate of drug-likeness (QED) is 0.225. The first-order valence-corrected chi connectivity index (χ1v) is 13.2. The van der Waals surface area contributed by atoms with Crippen LogP contribution in [-0.2, 0) is 0 Å². The third kappa shape index (κ3) is 5.86. The largest absolute Gasteiger partial charge is 0.492 e. The number of benzene rings is 3. The van der Waals surface area contributed by atoms with Gasteiger partial charge in [-0.15, -0.1) is 0 Å². The SMILES string of the molecule is Nc1ncc(-c2ccccc2OCCN2CC[C@H](O)C2)nc1-c1nc2ccc(C(=O)Nc3cccc(F)c3)cc2[nH]1. The standard InChI is InChI=1S/C30H28FN7O3/c31-19-4-3-5-20(15-19)34-30(40)18-8-9-23-24(14-18)37-29(36-23)27-28(32)33-16-25(35-27)22-6-1-2-7-26(22)41-13-12-38-11-10-21(39)17-38/h1-9,14-16,21,39H,10-13,17H2,(H2,32,33)(H,34,40)(H,36,37)/t21-/m0/s1. The number of fused-ring (bicyclic) bond motifs is 1. The van der Waals surface area contributed by atoms with Gasteiger partial charge in [-0.1, -0.05) is 18.2 Å². The first kappa shape index (κ1) is 26.4. The van der Waals surface area contributed by atoms with Gasteiger partial charge in [-0.3, -0.25) is 9.69 Å². The molecule has 2 aromatic heterocycles. The van der Waals surface area contributed by atoms with E-state index in [9.17, 15) is 14.3 Å². The Kier molecular flexibility index (Phi) is 7.28. The van der Waals surface area contributed by atoms with Gasteiger partial charge in [-0.05, 0) is 55.0 Å². The molecule has 0 bridgehead atoms. The van der Waals surface area contributed by atoms with Crippen molar-refractivity contribution in [2.75, 3.05) is 37.3 Å². The van der Waals surface area contributed by atoms with E-state index in [-0.39, 0.29) is 17.8 Å². The molecule has 11 heteroatoms. The van der Waals surface area contributed by atoms with Crippen LogP contribution < -0.4 is 15.8 Å². The summed E-state index contributed by atoms with van der Waals surface area (Å²) in [5.74, 6) is 0.445. The van der Waals surface area contributed by atoms with Crippen molar-refractivity contribution in [1.82, 2.24) is 24.8 Å². The second-order valence-electron chi connectivity index (χ2n) is 9.86. The number of amides is 1. The van der Waals surface area contributed by atoms with Gasteiger partial charge in [-0.25, -0.2) is 19.3 Å². The number of nitrogens with zero attached hydrogens (tertiary/aromatic N) is 4. The Balaban J connectivity index is 1.23. The Morgan fingerprint density at radius 3 is 2.85 bits per heavy atom. The number of aromatic amines is 1. The zero-order valence-electron chi connectivity index (χ0n) is 22.0. The van der Waals surface area contributed by atoms with Crippen molar-refractivity contribution >= 4 is 28.4 Å². The number of aliphatic hydroxyl groups excluding tert-OH is 1. The maximum absolute atomic E-state index is 13.5. The number of aromatic nitrogens is 4. The van der Waals surface area contributed by atoms with Crippen LogP contribution in [0.5, 0.6) is 5.75 Å². The second-order valence-corrected chi connectivity index (χ2v) is 9.86. The minimum atomic E-state index is -0.436. The lowest BCUT2D eigenvalue weighted by Gasteiger charge is -2.16. The van der Waals surface area contributed by atoms with Crippen LogP contribution in [0.15, 0.2) is 72.9 Å². The van der Waals surface area contributed by atoms with E-state index >= 15 is 0 Å². The van der Waals surface area contributed by atoms with Gasteiger partial charge in [0.2, 0.25) is 0 Å². The van der Waals surface area contributed by atoms with Crippen molar-refractivity contribution in [3.8, 4) is 28.5 Å². The topological polar surface area (TPSA) is 142 Å². The normalized spacial score (nSPS) is 15.3. The van der Waals surface area contributed by atoms with Crippen LogP contribution in [0, 0.1) is 5.82 Å². The molecule has 0 aliphatic carbocycles. The number of rotatable bonds is 8. The minimum absolute atomic E-state index is 0.197. The van der Waals surface area contributed by atoms with E-state index in [1.165, 1.54) is 18.2 Å². The number of likely N-dealkylation sites (tertiary alicyclic amines) is 1. The van der Waals surface area contributed by atoms with Crippen molar-refractivity contribution in [3.05, 3.63) is 84.3 Å². The lowest BCUT2D eigenvalue weighted by Crippen LogP contribution is -2.27. The molecule has 0 saturated carbocycles. The molecule has 1 aliphatic rings. The van der Waals surface area contributed by atoms with E-state index in [0.717, 1.165) is 18.5 Å². The number of β-amino-alcohol motifs (C(OH)–C–C–N with tert-alkyl or cyclic N) is 1. The molecule has 0 radical (unpaired) electrons. The molecule has 1 saturated heterocycles. The van der Waals surface area contributed by atoms with Crippen molar-refractivity contribution in [2.45, 2.75) is 12.5 Å². The molecule has 41 heavy (non-hydrogen) atoms. The van der Waals surface area contributed by atoms with Crippen LogP contribution >= 0.6 is 0 Å². The fraction of sp³-hybridized carbons (Fsp3) is 0.200. The summed E-state index contributed by atoms with van der Waals surface area (Å²) in [6.45, 7) is 2.70. The maximum atomic E-state index is 13.5. The number of nitrogens with one attached hydrogen (secondary N) is 2. The van der Waals surface area contributed by atoms with Crippen LogP contribution in [0.25, 0.3) is 33.8 Å². The summed E-state index contributed by atoms with van der Waals surface area (Å²) in [6, 6.07) is 18.3. The number of anilines is 2. The third-order valence-corrected chi connectivity index (χ3v) is 6.93. The predicted octanol–water partition coefficient (Wildman–Crippen LogP) is 4.11. The van der Waals surface area contributed by atoms with E-state index in [0.29, 0.717) is 64.9 Å². The number of hydrogen-bond acceptors (Lipinski definition) is 8. The zero-order valence-corrected chi connectivity index (χ0v) is 22.0. The number of H-pyrrole nitrogens is 1. The van der Waals surface area contributed by atoms with Crippen LogP contribution in [0.1, 0.15) is 16.8 Å². The van der Waals surface area contributed by atoms with Gasteiger partial charge in [0.1, 0.15) is 23.9 Å². The van der Waals surface area contributed by atoms with Gasteiger partial charge in [0.15, 0.2) is 11.6 Å². The summed E-state index contributed by atoms with van der Waals surface area (Å²) in [6.07, 6.45) is 2.11. The van der Waals surface area contributed by atoms with Gasteiger partial charge in [0, 0.05) is 36.4 Å². The molecule has 0 spiro atoms. The average molecular weight is 554 g/mol. The summed E-state index contributed by atoms with van der Waals surface area (Å²) in [5, 5.41) is 12.4. The van der Waals surface area contributed by atoms with Gasteiger partial charge >= 0.3 is 0 Å². The van der Waals surface area contributed by atoms with Crippen molar-refractivity contribution in [1.29, 1.82) is 0 Å². The monoisotopic (exact) mass is 553 g/mol. The van der Waals surface area contributed by atoms with E-state index in [1.54, 1.807) is 30.5 Å². The highest BCUT2D eigenvalue weighted by Crippen LogP contribution is 2.31. The summed E-state index contributed by atoms with van der Waals surface area (Å²) in [4.78, 5) is 31.9. The Bertz CT molecular complexity index is 1720. The van der Waals surface area contributed by atoms with Crippen LogP contribution in [0.4, 0.5) is 15.9 Å². The Morgan fingerprint density at radius 1 is 1.15 bits per heavy atom. The van der Waals surface area contributed by atoms with Crippen molar-refractivity contribution in [2.24, 2.45) is 0 Å². The van der Waals surface area contributed by atoms with Crippen LogP contribution in [-0.4, -0.2) is 68.2 Å². The number of carbonyl (C=O) groups is 1. The number of nitrogens with two attached hydrogens (primary N) is 1. The van der Waals surface area contributed by atoms with Gasteiger partial charge in [-0.2, -0.15) is 0 Å². The zero-order chi connectivity index (χ0) is 28.3. The molecule has 1 amide bonds. The number of para-hydroxylation sites is 1. The smallest absolute Gasteiger partial charge is 0.255 e. The molecule has 6 rings (SSSR count). The fourth-order valence-electron chi connectivity index (χ4n) is 4.84. The lowest BCUT2D eigenvalue weighted by atomic mass is 10.1. The highest BCUT2D eigenvalue weighted by molar-refractivity contribution is 6.06. The highest BCUT2D eigenvalue weighted by Gasteiger charge is 2.20. The predicted molar refractivity (Wildman–Crippen MR) is 154 cm³/mol. The Labute approximate surface area is 235 Å². The first-order chi connectivity index (χ1) is 19.9. The average Bonchev–Trinajstić information content (AvgIpc) is 3.59. The summed E-state index contributed by atoms with van der Waals surface area (Å²) < 4.78 is 19.6. The molecular weight excluding hydrogens is 525 g/mol. The number of aliphatic hydroxyl groups is 1. The van der Waals surface area contributed by atoms with Crippen LogP contribution in [0.2, 0.25) is 0 Å². The maximum Gasteiger partial charge on any atom is 0.255 e. The Morgan fingerprint density at radius 2 is 2.02 bits per heavy atom. The minimum Gasteiger partial charge on any atom is -0.492 e. The molecule has 3 aromatic carbocycles. The van der Waals surface area contributed by atoms with Gasteiger partial charge < -0.3 is 25.9 Å². The molecule has 208 valence electrons. The summed E-state index contributed by atoms with van der Waals surface area (Å²) in [7, 11) is 0. The molecule has 5 aromatic rings. The molecule has 0 unspecified atom stereocenters. The molecule has 3 heterocycles. The van der Waals surface area contributed by atoms with E-state index < -0.39 is 5.82 Å². The van der Waals surface area contributed by atoms with Gasteiger partial charge in [0.25, 0.3) is 5.91 Å². The third-order valence-electron chi connectivity index (χ3n) is 6.93. The summed E-state index contributed by atoms with van der Waals surface area (Å²) in [5.41, 5.74) is 9.86. The fourth-order valence-corrected chi connectivity index (χ4v) is 4.84. The molecule has 1 fully saturated rings. The summed E-state index contributed by atoms with van der Waals surface area (Å²) >= 11 is 0. The number of nitrogen functional groups attached to an aromatic ring is 1. The second kappa shape index (κ2) is 11.3. The van der Waals surface area contributed by atoms with E-state index in [4.69, 9.17) is 15.5 Å². The number of halogens is 1. The van der Waals surface area contributed by atoms with Crippen molar-refractivity contribution in [3.63, 3.8) is 0 Å². The highest BCUT2D eigenvalue weighted by atomic mass is 19.1.